The molecule has 0 spiro atoms. The lowest BCUT2D eigenvalue weighted by Crippen LogP contribution is -2.20. The quantitative estimate of drug-likeness (QED) is 0.334. The first-order valence-electron chi connectivity index (χ1n) is 8.88. The van der Waals surface area contributed by atoms with Crippen molar-refractivity contribution in [1.29, 1.82) is 0 Å². The molecule has 29 heavy (non-hydrogen) atoms. The van der Waals surface area contributed by atoms with Crippen LogP contribution in [0.5, 0.6) is 5.75 Å². The molecule has 0 saturated heterocycles. The molecule has 0 atom stereocenters. The highest BCUT2D eigenvalue weighted by molar-refractivity contribution is 7.99. The van der Waals surface area contributed by atoms with Crippen molar-refractivity contribution in [3.8, 4) is 17.1 Å². The summed E-state index contributed by atoms with van der Waals surface area (Å²) in [4.78, 5) is 12.1. The van der Waals surface area contributed by atoms with Crippen LogP contribution in [0.1, 0.15) is 12.5 Å². The average molecular weight is 430 g/mol. The lowest BCUT2D eigenvalue weighted by atomic mass is 10.2. The monoisotopic (exact) mass is 429 g/mol. The number of carbonyl (C=O) groups is 1. The standard InChI is InChI=1S/C20H20ClN5O2S/c1-3-26-19(15-7-9-16(21)10-8-15)24-25-20(26)29-13-18(27)23-22-12-14-5-4-6-17(11-14)28-2/h4-12H,3,13H2,1-2H3,(H,23,27). The van der Waals surface area contributed by atoms with E-state index < -0.39 is 0 Å². The lowest BCUT2D eigenvalue weighted by Gasteiger charge is -2.07. The van der Waals surface area contributed by atoms with Crippen LogP contribution in [0, 0.1) is 0 Å². The van der Waals surface area contributed by atoms with E-state index in [1.807, 2.05) is 60.0 Å². The van der Waals surface area contributed by atoms with Gasteiger partial charge in [-0.1, -0.05) is 35.5 Å². The number of thioether (sulfide) groups is 1. The molecule has 0 bridgehead atoms. The van der Waals surface area contributed by atoms with Gasteiger partial charge in [0.1, 0.15) is 5.75 Å². The summed E-state index contributed by atoms with van der Waals surface area (Å²) in [6.45, 7) is 2.69. The van der Waals surface area contributed by atoms with E-state index in [4.69, 9.17) is 16.3 Å². The van der Waals surface area contributed by atoms with Gasteiger partial charge in [-0.05, 0) is 48.9 Å². The first-order chi connectivity index (χ1) is 14.1. The Labute approximate surface area is 178 Å². The second-order valence-corrected chi connectivity index (χ2v) is 7.29. The van der Waals surface area contributed by atoms with Gasteiger partial charge in [-0.3, -0.25) is 4.79 Å². The zero-order valence-electron chi connectivity index (χ0n) is 16.0. The number of methoxy groups -OCH3 is 1. The Morgan fingerprint density at radius 1 is 1.28 bits per heavy atom. The molecular weight excluding hydrogens is 410 g/mol. The molecule has 3 aromatic rings. The third-order valence-electron chi connectivity index (χ3n) is 3.96. The Hall–Kier alpha value is -2.84. The van der Waals surface area contributed by atoms with Gasteiger partial charge < -0.3 is 9.30 Å². The highest BCUT2D eigenvalue weighted by Crippen LogP contribution is 2.25. The predicted octanol–water partition coefficient (Wildman–Crippen LogP) is 3.87. The van der Waals surface area contributed by atoms with Gasteiger partial charge >= 0.3 is 0 Å². The number of nitrogens with one attached hydrogen (secondary N) is 1. The molecule has 0 saturated carbocycles. The number of hydrazone groups is 1. The fraction of sp³-hybridized carbons (Fsp3) is 0.200. The summed E-state index contributed by atoms with van der Waals surface area (Å²) in [6, 6.07) is 14.8. The Morgan fingerprint density at radius 3 is 2.79 bits per heavy atom. The van der Waals surface area contributed by atoms with Crippen molar-refractivity contribution >= 4 is 35.5 Å². The van der Waals surface area contributed by atoms with Gasteiger partial charge in [-0.25, -0.2) is 5.43 Å². The zero-order valence-corrected chi connectivity index (χ0v) is 17.6. The number of nitrogens with zero attached hydrogens (tertiary/aromatic N) is 4. The van der Waals surface area contributed by atoms with E-state index in [-0.39, 0.29) is 11.7 Å². The van der Waals surface area contributed by atoms with Gasteiger partial charge in [0.25, 0.3) is 5.91 Å². The molecule has 0 aliphatic rings. The van der Waals surface area contributed by atoms with Gasteiger partial charge in [-0.15, -0.1) is 10.2 Å². The highest BCUT2D eigenvalue weighted by Gasteiger charge is 2.14. The van der Waals surface area contributed by atoms with Crippen LogP contribution in [-0.2, 0) is 11.3 Å². The summed E-state index contributed by atoms with van der Waals surface area (Å²) >= 11 is 7.26. The maximum absolute atomic E-state index is 12.1. The number of ether oxygens (including phenoxy) is 1. The van der Waals surface area contributed by atoms with Gasteiger partial charge in [-0.2, -0.15) is 5.10 Å². The number of halogens is 1. The van der Waals surface area contributed by atoms with E-state index in [2.05, 4.69) is 20.7 Å². The minimum absolute atomic E-state index is 0.175. The smallest absolute Gasteiger partial charge is 0.250 e. The van der Waals surface area contributed by atoms with E-state index >= 15 is 0 Å². The molecule has 0 unspecified atom stereocenters. The second kappa shape index (κ2) is 10.1. The average Bonchev–Trinajstić information content (AvgIpc) is 3.16. The van der Waals surface area contributed by atoms with Crippen LogP contribution in [0.4, 0.5) is 0 Å². The molecule has 9 heteroatoms. The molecule has 0 aliphatic heterocycles. The predicted molar refractivity (Wildman–Crippen MR) is 116 cm³/mol. The van der Waals surface area contributed by atoms with Crippen LogP contribution >= 0.6 is 23.4 Å². The van der Waals surface area contributed by atoms with Gasteiger partial charge in [0.15, 0.2) is 11.0 Å². The second-order valence-electron chi connectivity index (χ2n) is 5.92. The first kappa shape index (κ1) is 20.9. The Kier molecular flexibility index (Phi) is 7.26. The number of amides is 1. The molecule has 7 nitrogen and oxygen atoms in total. The molecule has 150 valence electrons. The normalized spacial score (nSPS) is 11.0. The van der Waals surface area contributed by atoms with Crippen LogP contribution in [0.15, 0.2) is 58.8 Å². The third-order valence-corrected chi connectivity index (χ3v) is 5.18. The maximum Gasteiger partial charge on any atom is 0.250 e. The molecule has 0 aliphatic carbocycles. The number of hydrogen-bond acceptors (Lipinski definition) is 6. The Morgan fingerprint density at radius 2 is 2.07 bits per heavy atom. The molecular formula is C20H20ClN5O2S. The highest BCUT2D eigenvalue weighted by atomic mass is 35.5. The number of aromatic nitrogens is 3. The zero-order chi connectivity index (χ0) is 20.6. The molecule has 2 aromatic carbocycles. The third kappa shape index (κ3) is 5.58. The minimum Gasteiger partial charge on any atom is -0.497 e. The molecule has 1 aromatic heterocycles. The maximum atomic E-state index is 12.1. The molecule has 0 radical (unpaired) electrons. The number of rotatable bonds is 8. The topological polar surface area (TPSA) is 81.4 Å². The summed E-state index contributed by atoms with van der Waals surface area (Å²) in [5.74, 6) is 1.41. The van der Waals surface area contributed by atoms with Crippen LogP contribution in [0.25, 0.3) is 11.4 Å². The van der Waals surface area contributed by atoms with Crippen LogP contribution in [-0.4, -0.2) is 39.7 Å². The number of carbonyl (C=O) groups excluding carboxylic acids is 1. The minimum atomic E-state index is -0.229. The number of benzene rings is 2. The Bertz CT molecular complexity index is 1000. The van der Waals surface area contributed by atoms with E-state index in [9.17, 15) is 4.79 Å². The van der Waals surface area contributed by atoms with Gasteiger partial charge in [0.05, 0.1) is 19.1 Å². The molecule has 1 N–H and O–H groups in total. The van der Waals surface area contributed by atoms with Crippen molar-refractivity contribution < 1.29 is 9.53 Å². The SMILES string of the molecule is CCn1c(SCC(=O)NN=Cc2cccc(OC)c2)nnc1-c1ccc(Cl)cc1. The molecule has 1 heterocycles. The molecule has 0 fully saturated rings. The van der Waals surface area contributed by atoms with Crippen molar-refractivity contribution in [3.05, 3.63) is 59.1 Å². The largest absolute Gasteiger partial charge is 0.497 e. The van der Waals surface area contributed by atoms with Crippen LogP contribution in [0.2, 0.25) is 5.02 Å². The fourth-order valence-corrected chi connectivity index (χ4v) is 3.48. The van der Waals surface area contributed by atoms with E-state index in [1.54, 1.807) is 13.3 Å². The van der Waals surface area contributed by atoms with E-state index in [1.165, 1.54) is 11.8 Å². The summed E-state index contributed by atoms with van der Waals surface area (Å²) in [7, 11) is 1.60. The first-order valence-corrected chi connectivity index (χ1v) is 10.2. The van der Waals surface area contributed by atoms with Crippen molar-refractivity contribution in [3.63, 3.8) is 0 Å². The van der Waals surface area contributed by atoms with Gasteiger partial charge in [0, 0.05) is 17.1 Å². The van der Waals surface area contributed by atoms with Gasteiger partial charge in [0.2, 0.25) is 0 Å². The van der Waals surface area contributed by atoms with E-state index in [0.29, 0.717) is 16.7 Å². The van der Waals surface area contributed by atoms with E-state index in [0.717, 1.165) is 22.7 Å². The molecule has 1 amide bonds. The summed E-state index contributed by atoms with van der Waals surface area (Å²) in [5.41, 5.74) is 4.27. The van der Waals surface area contributed by atoms with Crippen molar-refractivity contribution in [1.82, 2.24) is 20.2 Å². The summed E-state index contributed by atoms with van der Waals surface area (Å²) in [5, 5.41) is 13.8. The molecule has 3 rings (SSSR count). The van der Waals surface area contributed by atoms with Crippen LogP contribution < -0.4 is 10.2 Å². The van der Waals surface area contributed by atoms with Crippen molar-refractivity contribution in [2.24, 2.45) is 5.10 Å². The van der Waals surface area contributed by atoms with Crippen molar-refractivity contribution in [2.45, 2.75) is 18.6 Å². The van der Waals surface area contributed by atoms with Crippen LogP contribution in [0.3, 0.4) is 0 Å². The summed E-state index contributed by atoms with van der Waals surface area (Å²) in [6.07, 6.45) is 1.57. The fourth-order valence-electron chi connectivity index (χ4n) is 2.56. The summed E-state index contributed by atoms with van der Waals surface area (Å²) < 4.78 is 7.12. The lowest BCUT2D eigenvalue weighted by molar-refractivity contribution is -0.118. The number of hydrogen-bond donors (Lipinski definition) is 1. The Balaban J connectivity index is 1.58. The van der Waals surface area contributed by atoms with Crippen molar-refractivity contribution in [2.75, 3.05) is 12.9 Å².